The minimum Gasteiger partial charge on any atom is -0.465 e. The molecule has 0 saturated carbocycles. The molecule has 2 aromatic rings. The molecule has 0 heterocycles. The molecular formula is C14H10BrCl2NO4S. The van der Waals surface area contributed by atoms with Gasteiger partial charge in [0.05, 0.1) is 28.4 Å². The summed E-state index contributed by atoms with van der Waals surface area (Å²) in [5, 5.41) is 0.340. The van der Waals surface area contributed by atoms with Crippen LogP contribution in [0, 0.1) is 0 Å². The monoisotopic (exact) mass is 437 g/mol. The van der Waals surface area contributed by atoms with Crippen LogP contribution in [0.4, 0.5) is 5.69 Å². The maximum atomic E-state index is 12.5. The van der Waals surface area contributed by atoms with Gasteiger partial charge in [-0.3, -0.25) is 4.72 Å². The topological polar surface area (TPSA) is 72.5 Å². The van der Waals surface area contributed by atoms with Crippen LogP contribution in [-0.4, -0.2) is 21.5 Å². The zero-order valence-corrected chi connectivity index (χ0v) is 15.6. The van der Waals surface area contributed by atoms with E-state index in [0.717, 1.165) is 0 Å². The Labute approximate surface area is 151 Å². The van der Waals surface area contributed by atoms with Crippen LogP contribution >= 0.6 is 39.1 Å². The lowest BCUT2D eigenvalue weighted by molar-refractivity contribution is 0.0600. The van der Waals surface area contributed by atoms with Gasteiger partial charge < -0.3 is 4.74 Å². The number of anilines is 1. The Morgan fingerprint density at radius 3 is 2.30 bits per heavy atom. The Hall–Kier alpha value is -1.28. The number of rotatable bonds is 4. The van der Waals surface area contributed by atoms with Gasteiger partial charge in [0.25, 0.3) is 10.0 Å². The van der Waals surface area contributed by atoms with Crippen LogP contribution < -0.4 is 4.72 Å². The molecule has 0 aliphatic carbocycles. The molecule has 2 aromatic carbocycles. The molecular weight excluding hydrogens is 429 g/mol. The number of methoxy groups -OCH3 is 1. The third-order valence-electron chi connectivity index (χ3n) is 2.84. The van der Waals surface area contributed by atoms with E-state index in [4.69, 9.17) is 23.2 Å². The smallest absolute Gasteiger partial charge is 0.337 e. The van der Waals surface area contributed by atoms with Crippen LogP contribution in [0.25, 0.3) is 0 Å². The summed E-state index contributed by atoms with van der Waals surface area (Å²) in [5.74, 6) is -0.572. The molecule has 0 atom stereocenters. The van der Waals surface area contributed by atoms with Crippen molar-refractivity contribution in [2.24, 2.45) is 0 Å². The summed E-state index contributed by atoms with van der Waals surface area (Å²) in [6.45, 7) is 0. The van der Waals surface area contributed by atoms with Gasteiger partial charge in [-0.2, -0.15) is 0 Å². The zero-order valence-electron chi connectivity index (χ0n) is 11.6. The fourth-order valence-electron chi connectivity index (χ4n) is 1.75. The summed E-state index contributed by atoms with van der Waals surface area (Å²) >= 11 is 15.1. The Balaban J connectivity index is 2.43. The van der Waals surface area contributed by atoms with Crippen molar-refractivity contribution in [2.75, 3.05) is 11.8 Å². The van der Waals surface area contributed by atoms with Crippen molar-refractivity contribution in [2.45, 2.75) is 4.90 Å². The van der Waals surface area contributed by atoms with Crippen LogP contribution in [0.1, 0.15) is 10.4 Å². The molecule has 122 valence electrons. The lowest BCUT2D eigenvalue weighted by atomic mass is 10.2. The van der Waals surface area contributed by atoms with Gasteiger partial charge in [0, 0.05) is 4.47 Å². The molecule has 0 radical (unpaired) electrons. The average molecular weight is 439 g/mol. The van der Waals surface area contributed by atoms with E-state index in [1.54, 1.807) is 6.07 Å². The first-order chi connectivity index (χ1) is 10.8. The van der Waals surface area contributed by atoms with Gasteiger partial charge in [-0.25, -0.2) is 13.2 Å². The molecule has 0 fully saturated rings. The highest BCUT2D eigenvalue weighted by atomic mass is 79.9. The summed E-state index contributed by atoms with van der Waals surface area (Å²) in [6, 6.07) is 8.61. The van der Waals surface area contributed by atoms with E-state index >= 15 is 0 Å². The second kappa shape index (κ2) is 7.09. The number of hydrogen-bond acceptors (Lipinski definition) is 4. The normalized spacial score (nSPS) is 11.1. The van der Waals surface area contributed by atoms with E-state index in [2.05, 4.69) is 25.4 Å². The molecule has 0 aliphatic rings. The van der Waals surface area contributed by atoms with Gasteiger partial charge in [-0.1, -0.05) is 29.3 Å². The van der Waals surface area contributed by atoms with Crippen LogP contribution in [0.3, 0.4) is 0 Å². The first kappa shape index (κ1) is 18.1. The fraction of sp³-hybridized carbons (Fsp3) is 0.0714. The molecule has 9 heteroatoms. The summed E-state index contributed by atoms with van der Waals surface area (Å²) < 4.78 is 32.1. The number of carbonyl (C=O) groups is 1. The van der Waals surface area contributed by atoms with Crippen LogP contribution in [-0.2, 0) is 14.8 Å². The first-order valence-corrected chi connectivity index (χ1v) is 9.14. The van der Waals surface area contributed by atoms with Crippen LogP contribution in [0.5, 0.6) is 0 Å². The number of para-hydroxylation sites is 1. The fourth-order valence-corrected chi connectivity index (χ4v) is 4.53. The largest absolute Gasteiger partial charge is 0.465 e. The van der Waals surface area contributed by atoms with Crippen molar-refractivity contribution in [1.82, 2.24) is 0 Å². The first-order valence-electron chi connectivity index (χ1n) is 6.11. The van der Waals surface area contributed by atoms with Crippen molar-refractivity contribution >= 4 is 60.8 Å². The lowest BCUT2D eigenvalue weighted by Crippen LogP contribution is -2.15. The van der Waals surface area contributed by atoms with Gasteiger partial charge >= 0.3 is 5.97 Å². The molecule has 0 spiro atoms. The minimum absolute atomic E-state index is 0.0684. The number of esters is 1. The van der Waals surface area contributed by atoms with E-state index in [1.165, 1.54) is 37.4 Å². The summed E-state index contributed by atoms with van der Waals surface area (Å²) in [6.07, 6.45) is 0. The maximum absolute atomic E-state index is 12.5. The van der Waals surface area contributed by atoms with Crippen LogP contribution in [0.2, 0.25) is 10.0 Å². The highest BCUT2D eigenvalue weighted by molar-refractivity contribution is 9.10. The van der Waals surface area contributed by atoms with E-state index < -0.39 is 16.0 Å². The Kier molecular flexibility index (Phi) is 5.57. The van der Waals surface area contributed by atoms with E-state index in [0.29, 0.717) is 0 Å². The van der Waals surface area contributed by atoms with Gasteiger partial charge in [-0.05, 0) is 46.3 Å². The molecule has 5 nitrogen and oxygen atoms in total. The molecule has 0 saturated heterocycles. The molecule has 0 aromatic heterocycles. The van der Waals surface area contributed by atoms with E-state index in [1.807, 2.05) is 0 Å². The molecule has 0 aliphatic heterocycles. The number of ether oxygens (including phenoxy) is 1. The molecule has 1 N–H and O–H groups in total. The van der Waals surface area contributed by atoms with Gasteiger partial charge in [0.2, 0.25) is 0 Å². The highest BCUT2D eigenvalue weighted by Gasteiger charge is 2.21. The predicted molar refractivity (Wildman–Crippen MR) is 92.8 cm³/mol. The molecule has 23 heavy (non-hydrogen) atoms. The van der Waals surface area contributed by atoms with Crippen molar-refractivity contribution < 1.29 is 17.9 Å². The Morgan fingerprint density at radius 1 is 1.17 bits per heavy atom. The maximum Gasteiger partial charge on any atom is 0.337 e. The third kappa shape index (κ3) is 3.98. The highest BCUT2D eigenvalue weighted by Crippen LogP contribution is 2.33. The SMILES string of the molecule is COC(=O)c1ccc(S(=O)(=O)Nc2c(Cl)cccc2Cl)c(Br)c1. The summed E-state index contributed by atoms with van der Waals surface area (Å²) in [7, 11) is -2.72. The zero-order chi connectivity index (χ0) is 17.2. The molecule has 0 unspecified atom stereocenters. The average Bonchev–Trinajstić information content (AvgIpc) is 2.50. The minimum atomic E-state index is -3.96. The number of hydrogen-bond donors (Lipinski definition) is 1. The third-order valence-corrected chi connectivity index (χ3v) is 5.80. The van der Waals surface area contributed by atoms with Crippen molar-refractivity contribution in [3.05, 3.63) is 56.5 Å². The lowest BCUT2D eigenvalue weighted by Gasteiger charge is -2.12. The Bertz CT molecular complexity index is 851. The second-order valence-corrected chi connectivity index (χ2v) is 7.66. The van der Waals surface area contributed by atoms with Gasteiger partial charge in [-0.15, -0.1) is 0 Å². The number of sulfonamides is 1. The van der Waals surface area contributed by atoms with E-state index in [-0.39, 0.29) is 30.7 Å². The number of halogens is 3. The van der Waals surface area contributed by atoms with Crippen molar-refractivity contribution in [1.29, 1.82) is 0 Å². The molecule has 0 amide bonds. The quantitative estimate of drug-likeness (QED) is 0.720. The van der Waals surface area contributed by atoms with Gasteiger partial charge in [0.15, 0.2) is 0 Å². The molecule has 0 bridgehead atoms. The van der Waals surface area contributed by atoms with Gasteiger partial charge in [0.1, 0.15) is 4.90 Å². The number of carbonyl (C=O) groups excluding carboxylic acids is 1. The second-order valence-electron chi connectivity index (χ2n) is 4.34. The van der Waals surface area contributed by atoms with Crippen molar-refractivity contribution in [3.8, 4) is 0 Å². The molecule has 2 rings (SSSR count). The standard InChI is InChI=1S/C14H10BrCl2NO4S/c1-22-14(19)8-5-6-12(9(15)7-8)23(20,21)18-13-10(16)3-2-4-11(13)17/h2-7,18H,1H3. The summed E-state index contributed by atoms with van der Waals surface area (Å²) in [5.41, 5.74) is 0.300. The summed E-state index contributed by atoms with van der Waals surface area (Å²) in [4.78, 5) is 11.4. The Morgan fingerprint density at radius 2 is 1.78 bits per heavy atom. The number of nitrogens with one attached hydrogen (secondary N) is 1. The van der Waals surface area contributed by atoms with Crippen molar-refractivity contribution in [3.63, 3.8) is 0 Å². The van der Waals surface area contributed by atoms with Crippen LogP contribution in [0.15, 0.2) is 45.8 Å². The predicted octanol–water partition coefficient (Wildman–Crippen LogP) is 4.34. The number of benzene rings is 2. The van der Waals surface area contributed by atoms with E-state index in [9.17, 15) is 13.2 Å².